The standard InChI is InChI=1S/C15H14Cl2N2OS/c1-19(2)15(21)18-12-5-3-4-6-14(12)20-13-8-7-10(16)9-11(13)17/h3-9H,1-2H3,(H,18,21). The molecule has 0 fully saturated rings. The fraction of sp³-hybridized carbons (Fsp3) is 0.133. The van der Waals surface area contributed by atoms with E-state index in [1.165, 1.54) is 0 Å². The Kier molecular flexibility index (Phi) is 5.28. The van der Waals surface area contributed by atoms with E-state index in [4.69, 9.17) is 40.2 Å². The van der Waals surface area contributed by atoms with Crippen LogP contribution in [0.3, 0.4) is 0 Å². The van der Waals surface area contributed by atoms with Crippen molar-refractivity contribution in [2.75, 3.05) is 19.4 Å². The Morgan fingerprint density at radius 2 is 1.81 bits per heavy atom. The van der Waals surface area contributed by atoms with E-state index in [0.717, 1.165) is 5.69 Å². The third-order valence-electron chi connectivity index (χ3n) is 2.65. The number of nitrogens with zero attached hydrogens (tertiary/aromatic N) is 1. The van der Waals surface area contributed by atoms with Gasteiger partial charge in [-0.15, -0.1) is 0 Å². The molecule has 110 valence electrons. The maximum absolute atomic E-state index is 6.12. The van der Waals surface area contributed by atoms with Crippen LogP contribution in [0.25, 0.3) is 0 Å². The van der Waals surface area contributed by atoms with Gasteiger partial charge in [-0.3, -0.25) is 0 Å². The summed E-state index contributed by atoms with van der Waals surface area (Å²) in [5.74, 6) is 1.16. The zero-order valence-electron chi connectivity index (χ0n) is 11.6. The van der Waals surface area contributed by atoms with Crippen LogP contribution in [-0.4, -0.2) is 24.1 Å². The minimum Gasteiger partial charge on any atom is -0.454 e. The molecule has 3 nitrogen and oxygen atoms in total. The third-order valence-corrected chi connectivity index (χ3v) is 3.65. The smallest absolute Gasteiger partial charge is 0.172 e. The van der Waals surface area contributed by atoms with Crippen LogP contribution >= 0.6 is 35.4 Å². The van der Waals surface area contributed by atoms with E-state index in [-0.39, 0.29) is 0 Å². The van der Waals surface area contributed by atoms with Crippen LogP contribution in [0.2, 0.25) is 10.0 Å². The van der Waals surface area contributed by atoms with E-state index >= 15 is 0 Å². The Balaban J connectivity index is 2.26. The topological polar surface area (TPSA) is 24.5 Å². The zero-order chi connectivity index (χ0) is 15.4. The van der Waals surface area contributed by atoms with Crippen LogP contribution in [0.5, 0.6) is 11.5 Å². The SMILES string of the molecule is CN(C)C(=S)Nc1ccccc1Oc1ccc(Cl)cc1Cl. The second-order valence-electron chi connectivity index (χ2n) is 4.50. The third kappa shape index (κ3) is 4.24. The molecule has 0 aliphatic carbocycles. The molecule has 21 heavy (non-hydrogen) atoms. The predicted molar refractivity (Wildman–Crippen MR) is 92.9 cm³/mol. The Morgan fingerprint density at radius 1 is 1.10 bits per heavy atom. The lowest BCUT2D eigenvalue weighted by atomic mass is 10.3. The van der Waals surface area contributed by atoms with E-state index < -0.39 is 0 Å². The summed E-state index contributed by atoms with van der Waals surface area (Å²) in [5, 5.41) is 4.73. The zero-order valence-corrected chi connectivity index (χ0v) is 13.9. The van der Waals surface area contributed by atoms with Crippen molar-refractivity contribution in [3.8, 4) is 11.5 Å². The highest BCUT2D eigenvalue weighted by Gasteiger charge is 2.09. The first-order valence-corrected chi connectivity index (χ1v) is 7.34. The van der Waals surface area contributed by atoms with Crippen LogP contribution in [0.4, 0.5) is 5.69 Å². The number of para-hydroxylation sites is 2. The molecular weight excluding hydrogens is 327 g/mol. The lowest BCUT2D eigenvalue weighted by molar-refractivity contribution is 0.485. The van der Waals surface area contributed by atoms with E-state index in [1.54, 1.807) is 23.1 Å². The minimum absolute atomic E-state index is 0.451. The van der Waals surface area contributed by atoms with Crippen molar-refractivity contribution < 1.29 is 4.74 Å². The molecular formula is C15H14Cl2N2OS. The largest absolute Gasteiger partial charge is 0.454 e. The Bertz CT molecular complexity index is 662. The van der Waals surface area contributed by atoms with Crippen molar-refractivity contribution in [1.29, 1.82) is 0 Å². The van der Waals surface area contributed by atoms with Gasteiger partial charge >= 0.3 is 0 Å². The van der Waals surface area contributed by atoms with Crippen molar-refractivity contribution in [1.82, 2.24) is 4.90 Å². The Labute approximate surface area is 139 Å². The molecule has 0 aliphatic heterocycles. The molecule has 2 aromatic carbocycles. The van der Waals surface area contributed by atoms with Gasteiger partial charge in [-0.2, -0.15) is 0 Å². The fourth-order valence-corrected chi connectivity index (χ4v) is 2.12. The number of nitrogens with one attached hydrogen (secondary N) is 1. The highest BCUT2D eigenvalue weighted by molar-refractivity contribution is 7.80. The van der Waals surface area contributed by atoms with E-state index in [9.17, 15) is 0 Å². The summed E-state index contributed by atoms with van der Waals surface area (Å²) >= 11 is 17.2. The molecule has 2 aromatic rings. The second kappa shape index (κ2) is 6.98. The average molecular weight is 341 g/mol. The number of benzene rings is 2. The highest BCUT2D eigenvalue weighted by atomic mass is 35.5. The molecule has 0 saturated heterocycles. The monoisotopic (exact) mass is 340 g/mol. The van der Waals surface area contributed by atoms with Crippen molar-refractivity contribution in [2.45, 2.75) is 0 Å². The van der Waals surface area contributed by atoms with Gasteiger partial charge in [0.25, 0.3) is 0 Å². The van der Waals surface area contributed by atoms with Gasteiger partial charge < -0.3 is 15.0 Å². The molecule has 2 rings (SSSR count). The first kappa shape index (κ1) is 15.9. The first-order valence-electron chi connectivity index (χ1n) is 6.17. The Hall–Kier alpha value is -1.49. The number of thiocarbonyl (C=S) groups is 1. The highest BCUT2D eigenvalue weighted by Crippen LogP contribution is 2.34. The number of hydrogen-bond acceptors (Lipinski definition) is 2. The number of halogens is 2. The van der Waals surface area contributed by atoms with Gasteiger partial charge in [-0.05, 0) is 42.5 Å². The number of anilines is 1. The number of rotatable bonds is 3. The van der Waals surface area contributed by atoms with Crippen LogP contribution in [0.1, 0.15) is 0 Å². The first-order chi connectivity index (χ1) is 9.97. The van der Waals surface area contributed by atoms with Crippen molar-refractivity contribution in [3.05, 3.63) is 52.5 Å². The molecule has 0 unspecified atom stereocenters. The molecule has 1 N–H and O–H groups in total. The molecule has 6 heteroatoms. The number of ether oxygens (including phenoxy) is 1. The van der Waals surface area contributed by atoms with Gasteiger partial charge in [-0.25, -0.2) is 0 Å². The minimum atomic E-state index is 0.451. The summed E-state index contributed by atoms with van der Waals surface area (Å²) < 4.78 is 5.84. The normalized spacial score (nSPS) is 10.1. The van der Waals surface area contributed by atoms with Crippen LogP contribution in [0.15, 0.2) is 42.5 Å². The van der Waals surface area contributed by atoms with Crippen LogP contribution in [0, 0.1) is 0 Å². The quantitative estimate of drug-likeness (QED) is 0.790. The molecule has 0 aromatic heterocycles. The van der Waals surface area contributed by atoms with Gasteiger partial charge in [0.05, 0.1) is 10.7 Å². The summed E-state index contributed by atoms with van der Waals surface area (Å²) in [6, 6.07) is 12.6. The summed E-state index contributed by atoms with van der Waals surface area (Å²) in [6.45, 7) is 0. The summed E-state index contributed by atoms with van der Waals surface area (Å²) in [7, 11) is 3.74. The lowest BCUT2D eigenvalue weighted by Gasteiger charge is -2.18. The maximum Gasteiger partial charge on any atom is 0.172 e. The van der Waals surface area contributed by atoms with Crippen molar-refractivity contribution in [3.63, 3.8) is 0 Å². The molecule has 0 heterocycles. The molecule has 0 spiro atoms. The van der Waals surface area contributed by atoms with Gasteiger partial charge in [-0.1, -0.05) is 35.3 Å². The van der Waals surface area contributed by atoms with Gasteiger partial charge in [0.15, 0.2) is 10.9 Å². The van der Waals surface area contributed by atoms with E-state index in [2.05, 4.69) is 5.32 Å². The average Bonchev–Trinajstić information content (AvgIpc) is 2.43. The molecule has 0 saturated carbocycles. The van der Waals surface area contributed by atoms with Crippen LogP contribution < -0.4 is 10.1 Å². The maximum atomic E-state index is 6.12. The van der Waals surface area contributed by atoms with Gasteiger partial charge in [0.2, 0.25) is 0 Å². The van der Waals surface area contributed by atoms with Crippen LogP contribution in [-0.2, 0) is 0 Å². The predicted octanol–water partition coefficient (Wildman–Crippen LogP) is 5.04. The molecule has 0 atom stereocenters. The fourth-order valence-electron chi connectivity index (χ4n) is 1.56. The van der Waals surface area contributed by atoms with Crippen molar-refractivity contribution >= 4 is 46.2 Å². The van der Waals surface area contributed by atoms with E-state index in [1.807, 2.05) is 38.4 Å². The summed E-state index contributed by atoms with van der Waals surface area (Å²) in [6.07, 6.45) is 0. The van der Waals surface area contributed by atoms with E-state index in [0.29, 0.717) is 26.7 Å². The molecule has 0 radical (unpaired) electrons. The van der Waals surface area contributed by atoms with Gasteiger partial charge in [0, 0.05) is 19.1 Å². The molecule has 0 amide bonds. The van der Waals surface area contributed by atoms with Gasteiger partial charge in [0.1, 0.15) is 5.75 Å². The second-order valence-corrected chi connectivity index (χ2v) is 5.73. The lowest BCUT2D eigenvalue weighted by Crippen LogP contribution is -2.27. The molecule has 0 bridgehead atoms. The number of hydrogen-bond donors (Lipinski definition) is 1. The van der Waals surface area contributed by atoms with Crippen molar-refractivity contribution in [2.24, 2.45) is 0 Å². The molecule has 0 aliphatic rings. The Morgan fingerprint density at radius 3 is 2.48 bits per heavy atom. The summed E-state index contributed by atoms with van der Waals surface area (Å²) in [5.41, 5.74) is 0.766. The summed E-state index contributed by atoms with van der Waals surface area (Å²) in [4.78, 5) is 1.81.